The lowest BCUT2D eigenvalue weighted by atomic mass is 9.98. The number of nitrogens with zero attached hydrogens (tertiary/aromatic N) is 3. The van der Waals surface area contributed by atoms with Crippen molar-refractivity contribution in [2.45, 2.75) is 0 Å². The number of para-hydroxylation sites is 1. The van der Waals surface area contributed by atoms with E-state index in [2.05, 4.69) is 146 Å². The molecule has 0 radical (unpaired) electrons. The van der Waals surface area contributed by atoms with Crippen molar-refractivity contribution in [1.29, 1.82) is 0 Å². The van der Waals surface area contributed by atoms with Gasteiger partial charge >= 0.3 is 0 Å². The van der Waals surface area contributed by atoms with E-state index in [9.17, 15) is 0 Å². The maximum atomic E-state index is 5.34. The lowest BCUT2D eigenvalue weighted by Gasteiger charge is -2.11. The van der Waals surface area contributed by atoms with E-state index in [1.165, 1.54) is 56.5 Å². The Morgan fingerprint density at radius 1 is 0.385 bits per heavy atom. The zero-order chi connectivity index (χ0) is 34.2. The first kappa shape index (κ1) is 29.5. The maximum absolute atomic E-state index is 5.34. The number of fused-ring (bicyclic) bond motifs is 9. The Kier molecular flexibility index (Phi) is 6.59. The molecule has 0 saturated carbocycles. The van der Waals surface area contributed by atoms with E-state index >= 15 is 0 Å². The van der Waals surface area contributed by atoms with Gasteiger partial charge < -0.3 is 0 Å². The van der Waals surface area contributed by atoms with Crippen LogP contribution in [-0.4, -0.2) is 15.0 Å². The minimum Gasteiger partial charge on any atom is -0.247 e. The topological polar surface area (TPSA) is 38.7 Å². The number of hydrogen-bond donors (Lipinski definition) is 0. The summed E-state index contributed by atoms with van der Waals surface area (Å²) in [5.41, 5.74) is 8.10. The second kappa shape index (κ2) is 11.6. The van der Waals surface area contributed by atoms with Crippen molar-refractivity contribution in [2.75, 3.05) is 0 Å². The standard InChI is InChI=1S/C47H27N3S2/c1-2-12-29(13-3-1)47-49-39(27-40(50-47)36-18-10-17-34-33-15-7-9-20-41(33)51-45(34)36)31-23-24-42-37(26-31)43-44(32-22-21-28-11-4-5-14-30(28)25-32)48-38-19-8-6-16-35(38)46(43)52-42/h1-27H. The van der Waals surface area contributed by atoms with Crippen LogP contribution < -0.4 is 0 Å². The molecule has 0 spiro atoms. The molecule has 0 aliphatic rings. The van der Waals surface area contributed by atoms with Gasteiger partial charge in [0, 0.05) is 68.0 Å². The van der Waals surface area contributed by atoms with Gasteiger partial charge in [0.1, 0.15) is 0 Å². The molecule has 0 saturated heterocycles. The molecule has 242 valence electrons. The molecule has 4 heterocycles. The van der Waals surface area contributed by atoms with Gasteiger partial charge in [-0.3, -0.25) is 0 Å². The van der Waals surface area contributed by atoms with E-state index in [0.717, 1.165) is 44.9 Å². The summed E-state index contributed by atoms with van der Waals surface area (Å²) >= 11 is 3.67. The van der Waals surface area contributed by atoms with Crippen molar-refractivity contribution in [2.24, 2.45) is 0 Å². The zero-order valence-electron chi connectivity index (χ0n) is 27.7. The molecule has 7 aromatic carbocycles. The lowest BCUT2D eigenvalue weighted by molar-refractivity contribution is 1.19. The molecule has 11 aromatic rings. The third kappa shape index (κ3) is 4.67. The molecule has 0 N–H and O–H groups in total. The monoisotopic (exact) mass is 697 g/mol. The largest absolute Gasteiger partial charge is 0.247 e. The highest BCUT2D eigenvalue weighted by atomic mass is 32.1. The minimum atomic E-state index is 0.714. The third-order valence-corrected chi connectivity index (χ3v) is 12.5. The van der Waals surface area contributed by atoms with Crippen LogP contribution in [-0.2, 0) is 0 Å². The van der Waals surface area contributed by atoms with Crippen LogP contribution in [0.3, 0.4) is 0 Å². The Labute approximate surface area is 307 Å². The van der Waals surface area contributed by atoms with Crippen molar-refractivity contribution in [3.63, 3.8) is 0 Å². The number of pyridine rings is 1. The van der Waals surface area contributed by atoms with Gasteiger partial charge in [-0.25, -0.2) is 15.0 Å². The van der Waals surface area contributed by atoms with Crippen LogP contribution >= 0.6 is 22.7 Å². The number of hydrogen-bond acceptors (Lipinski definition) is 5. The van der Waals surface area contributed by atoms with Gasteiger partial charge in [0.15, 0.2) is 5.82 Å². The molecule has 0 bridgehead atoms. The first-order chi connectivity index (χ1) is 25.7. The molecular formula is C47H27N3S2. The quantitative estimate of drug-likeness (QED) is 0.184. The van der Waals surface area contributed by atoms with Crippen LogP contribution in [0.15, 0.2) is 164 Å². The van der Waals surface area contributed by atoms with Crippen LogP contribution in [0, 0.1) is 0 Å². The highest BCUT2D eigenvalue weighted by Crippen LogP contribution is 2.45. The third-order valence-electron chi connectivity index (χ3n) is 10.1. The van der Waals surface area contributed by atoms with Crippen LogP contribution in [0.5, 0.6) is 0 Å². The zero-order valence-corrected chi connectivity index (χ0v) is 29.4. The van der Waals surface area contributed by atoms with Crippen molar-refractivity contribution >= 4 is 84.7 Å². The van der Waals surface area contributed by atoms with E-state index in [1.807, 2.05) is 40.9 Å². The molecule has 0 aliphatic heterocycles. The Morgan fingerprint density at radius 2 is 1.10 bits per heavy atom. The number of benzene rings is 7. The lowest BCUT2D eigenvalue weighted by Crippen LogP contribution is -1.96. The molecule has 0 amide bonds. The number of aromatic nitrogens is 3. The van der Waals surface area contributed by atoms with E-state index < -0.39 is 0 Å². The fraction of sp³-hybridized carbons (Fsp3) is 0. The van der Waals surface area contributed by atoms with Crippen molar-refractivity contribution < 1.29 is 0 Å². The van der Waals surface area contributed by atoms with E-state index in [-0.39, 0.29) is 0 Å². The fourth-order valence-electron chi connectivity index (χ4n) is 7.57. The Morgan fingerprint density at radius 3 is 2.02 bits per heavy atom. The van der Waals surface area contributed by atoms with Crippen molar-refractivity contribution in [1.82, 2.24) is 15.0 Å². The Bertz CT molecular complexity index is 3190. The molecule has 0 aliphatic carbocycles. The van der Waals surface area contributed by atoms with Gasteiger partial charge in [0.05, 0.1) is 22.6 Å². The highest BCUT2D eigenvalue weighted by molar-refractivity contribution is 7.27. The number of rotatable bonds is 4. The summed E-state index contributed by atoms with van der Waals surface area (Å²) in [6.07, 6.45) is 0. The molecule has 52 heavy (non-hydrogen) atoms. The molecule has 5 heteroatoms. The summed E-state index contributed by atoms with van der Waals surface area (Å²) in [5.74, 6) is 0.714. The first-order valence-corrected chi connectivity index (χ1v) is 19.0. The Hall–Kier alpha value is -6.27. The molecule has 0 atom stereocenters. The molecule has 0 fully saturated rings. The predicted octanol–water partition coefficient (Wildman–Crippen LogP) is 13.6. The van der Waals surface area contributed by atoms with Crippen molar-refractivity contribution in [3.05, 3.63) is 164 Å². The van der Waals surface area contributed by atoms with Gasteiger partial charge in [-0.05, 0) is 47.2 Å². The highest BCUT2D eigenvalue weighted by Gasteiger charge is 2.19. The first-order valence-electron chi connectivity index (χ1n) is 17.3. The normalized spacial score (nSPS) is 11.8. The van der Waals surface area contributed by atoms with Gasteiger partial charge in [0.25, 0.3) is 0 Å². The molecule has 3 nitrogen and oxygen atoms in total. The maximum Gasteiger partial charge on any atom is 0.160 e. The summed E-state index contributed by atoms with van der Waals surface area (Å²) in [6.45, 7) is 0. The number of thiophene rings is 2. The summed E-state index contributed by atoms with van der Waals surface area (Å²) in [4.78, 5) is 15.8. The summed E-state index contributed by atoms with van der Waals surface area (Å²) in [7, 11) is 0. The van der Waals surface area contributed by atoms with Crippen molar-refractivity contribution in [3.8, 4) is 45.2 Å². The van der Waals surface area contributed by atoms with E-state index in [0.29, 0.717) is 5.82 Å². The average molecular weight is 698 g/mol. The fourth-order valence-corrected chi connectivity index (χ4v) is 10.0. The molecule has 11 rings (SSSR count). The summed E-state index contributed by atoms with van der Waals surface area (Å²) in [5, 5.41) is 8.51. The van der Waals surface area contributed by atoms with Crippen LogP contribution in [0.2, 0.25) is 0 Å². The van der Waals surface area contributed by atoms with E-state index in [1.54, 1.807) is 0 Å². The smallest absolute Gasteiger partial charge is 0.160 e. The second-order valence-electron chi connectivity index (χ2n) is 13.2. The average Bonchev–Trinajstić information content (AvgIpc) is 3.79. The van der Waals surface area contributed by atoms with Gasteiger partial charge in [-0.2, -0.15) is 0 Å². The second-order valence-corrected chi connectivity index (χ2v) is 15.3. The van der Waals surface area contributed by atoms with Crippen LogP contribution in [0.1, 0.15) is 0 Å². The minimum absolute atomic E-state index is 0.714. The summed E-state index contributed by atoms with van der Waals surface area (Å²) in [6, 6.07) is 58.2. The van der Waals surface area contributed by atoms with Gasteiger partial charge in [-0.1, -0.05) is 127 Å². The molecule has 4 aromatic heterocycles. The van der Waals surface area contributed by atoms with Crippen LogP contribution in [0.4, 0.5) is 0 Å². The molecular weight excluding hydrogens is 671 g/mol. The SMILES string of the molecule is c1ccc(-c2nc(-c3ccc4sc5c6ccccc6nc(-c6ccc7ccccc7c6)c5c4c3)cc(-c3cccc4c3sc3ccccc34)n2)cc1. The summed E-state index contributed by atoms with van der Waals surface area (Å²) < 4.78 is 5.00. The van der Waals surface area contributed by atoms with Crippen LogP contribution in [0.25, 0.3) is 107 Å². The Balaban J connectivity index is 1.17. The van der Waals surface area contributed by atoms with Gasteiger partial charge in [0.2, 0.25) is 0 Å². The molecule has 0 unspecified atom stereocenters. The van der Waals surface area contributed by atoms with E-state index in [4.69, 9.17) is 15.0 Å². The van der Waals surface area contributed by atoms with Gasteiger partial charge in [-0.15, -0.1) is 22.7 Å². The predicted molar refractivity (Wildman–Crippen MR) is 222 cm³/mol.